The van der Waals surface area contributed by atoms with E-state index >= 15 is 0 Å². The molecule has 0 radical (unpaired) electrons. The molecule has 3 rings (SSSR count). The molecular weight excluding hydrogens is 354 g/mol. The number of carbonyl (C=O) groups is 1. The summed E-state index contributed by atoms with van der Waals surface area (Å²) < 4.78 is 2.90. The molecule has 6 heteroatoms. The first-order valence-electron chi connectivity index (χ1n) is 6.29. The minimum absolute atomic E-state index is 0.151. The van der Waals surface area contributed by atoms with Crippen LogP contribution in [0, 0.1) is 0 Å². The van der Waals surface area contributed by atoms with Crippen molar-refractivity contribution >= 4 is 50.0 Å². The average Bonchev–Trinajstić information content (AvgIpc) is 2.86. The third-order valence-corrected chi connectivity index (χ3v) is 4.10. The van der Waals surface area contributed by atoms with Crippen molar-refractivity contribution in [2.75, 3.05) is 5.32 Å². The highest BCUT2D eigenvalue weighted by atomic mass is 79.9. The van der Waals surface area contributed by atoms with Crippen LogP contribution in [0.2, 0.25) is 5.15 Å². The lowest BCUT2D eigenvalue weighted by Gasteiger charge is -2.08. The van der Waals surface area contributed by atoms with E-state index in [0.717, 1.165) is 15.4 Å². The standard InChI is InChI=1S/C15H11BrClN3O/c16-11-3-1-5-13-10(11)6-8-20(13)9-14(21)19-12-4-2-7-18-15(12)17/h1-8H,9H2,(H,19,21). The Hall–Kier alpha value is -1.85. The summed E-state index contributed by atoms with van der Waals surface area (Å²) in [5, 5.41) is 4.12. The molecular formula is C15H11BrClN3O. The fourth-order valence-corrected chi connectivity index (χ4v) is 2.80. The Bertz CT molecular complexity index is 816. The molecule has 0 saturated carbocycles. The number of hydrogen-bond donors (Lipinski definition) is 1. The van der Waals surface area contributed by atoms with Crippen molar-refractivity contribution in [1.82, 2.24) is 9.55 Å². The van der Waals surface area contributed by atoms with Gasteiger partial charge in [0.2, 0.25) is 5.91 Å². The van der Waals surface area contributed by atoms with E-state index in [4.69, 9.17) is 11.6 Å². The van der Waals surface area contributed by atoms with E-state index in [2.05, 4.69) is 26.2 Å². The summed E-state index contributed by atoms with van der Waals surface area (Å²) in [6.45, 7) is 0.213. The van der Waals surface area contributed by atoms with Gasteiger partial charge in [-0.1, -0.05) is 33.6 Å². The van der Waals surface area contributed by atoms with Crippen LogP contribution in [0.25, 0.3) is 10.9 Å². The van der Waals surface area contributed by atoms with Gasteiger partial charge in [-0.2, -0.15) is 0 Å². The second-order valence-electron chi connectivity index (χ2n) is 4.51. The SMILES string of the molecule is O=C(Cn1ccc2c(Br)cccc21)Nc1cccnc1Cl. The molecule has 2 aromatic heterocycles. The van der Waals surface area contributed by atoms with Gasteiger partial charge < -0.3 is 9.88 Å². The third kappa shape index (κ3) is 2.94. The third-order valence-electron chi connectivity index (χ3n) is 3.11. The number of pyridine rings is 1. The van der Waals surface area contributed by atoms with E-state index in [1.54, 1.807) is 18.3 Å². The van der Waals surface area contributed by atoms with Gasteiger partial charge in [0, 0.05) is 27.8 Å². The average molecular weight is 365 g/mol. The van der Waals surface area contributed by atoms with Gasteiger partial charge in [-0.3, -0.25) is 4.79 Å². The van der Waals surface area contributed by atoms with Gasteiger partial charge in [-0.05, 0) is 30.3 Å². The van der Waals surface area contributed by atoms with Gasteiger partial charge in [-0.25, -0.2) is 4.98 Å². The van der Waals surface area contributed by atoms with Crippen molar-refractivity contribution in [2.45, 2.75) is 6.54 Å². The molecule has 1 amide bonds. The van der Waals surface area contributed by atoms with E-state index < -0.39 is 0 Å². The van der Waals surface area contributed by atoms with Crippen molar-refractivity contribution in [3.05, 3.63) is 58.4 Å². The Morgan fingerprint density at radius 2 is 2.14 bits per heavy atom. The quantitative estimate of drug-likeness (QED) is 0.712. The molecule has 0 bridgehead atoms. The summed E-state index contributed by atoms with van der Waals surface area (Å²) in [4.78, 5) is 16.1. The molecule has 1 N–H and O–H groups in total. The van der Waals surface area contributed by atoms with Crippen molar-refractivity contribution in [2.24, 2.45) is 0 Å². The Labute approximate surface area is 134 Å². The number of fused-ring (bicyclic) bond motifs is 1. The summed E-state index contributed by atoms with van der Waals surface area (Å²) >= 11 is 9.43. The van der Waals surface area contributed by atoms with Gasteiger partial charge >= 0.3 is 0 Å². The summed E-state index contributed by atoms with van der Waals surface area (Å²) in [7, 11) is 0. The fraction of sp³-hybridized carbons (Fsp3) is 0.0667. The molecule has 0 saturated heterocycles. The highest BCUT2D eigenvalue weighted by Gasteiger charge is 2.09. The van der Waals surface area contributed by atoms with Crippen molar-refractivity contribution < 1.29 is 4.79 Å². The Balaban J connectivity index is 1.81. The maximum atomic E-state index is 12.1. The molecule has 2 heterocycles. The van der Waals surface area contributed by atoms with Crippen LogP contribution < -0.4 is 5.32 Å². The lowest BCUT2D eigenvalue weighted by atomic mass is 10.2. The van der Waals surface area contributed by atoms with Gasteiger partial charge in [0.1, 0.15) is 6.54 Å². The number of rotatable bonds is 3. The molecule has 3 aromatic rings. The summed E-state index contributed by atoms with van der Waals surface area (Å²) in [5.74, 6) is -0.151. The Kier molecular flexibility index (Phi) is 3.94. The van der Waals surface area contributed by atoms with E-state index in [9.17, 15) is 4.79 Å². The van der Waals surface area contributed by atoms with Crippen molar-refractivity contribution in [3.8, 4) is 0 Å². The summed E-state index contributed by atoms with van der Waals surface area (Å²) in [6.07, 6.45) is 3.47. The number of anilines is 1. The van der Waals surface area contributed by atoms with Gasteiger partial charge in [0.15, 0.2) is 5.15 Å². The van der Waals surface area contributed by atoms with Gasteiger partial charge in [0.25, 0.3) is 0 Å². The Morgan fingerprint density at radius 3 is 2.95 bits per heavy atom. The van der Waals surface area contributed by atoms with Crippen LogP contribution >= 0.6 is 27.5 Å². The molecule has 1 aromatic carbocycles. The number of hydrogen-bond acceptors (Lipinski definition) is 2. The topological polar surface area (TPSA) is 46.9 Å². The molecule has 0 atom stereocenters. The van der Waals surface area contributed by atoms with Gasteiger partial charge in [-0.15, -0.1) is 0 Å². The smallest absolute Gasteiger partial charge is 0.244 e. The largest absolute Gasteiger partial charge is 0.338 e. The number of carbonyl (C=O) groups excluding carboxylic acids is 1. The molecule has 0 aliphatic carbocycles. The molecule has 21 heavy (non-hydrogen) atoms. The van der Waals surface area contributed by atoms with Crippen LogP contribution in [0.5, 0.6) is 0 Å². The van der Waals surface area contributed by atoms with Crippen LogP contribution in [-0.4, -0.2) is 15.5 Å². The lowest BCUT2D eigenvalue weighted by molar-refractivity contribution is -0.116. The van der Waals surface area contributed by atoms with Gasteiger partial charge in [0.05, 0.1) is 5.69 Å². The van der Waals surface area contributed by atoms with E-state index in [1.807, 2.05) is 35.0 Å². The zero-order valence-electron chi connectivity index (χ0n) is 10.9. The van der Waals surface area contributed by atoms with E-state index in [1.165, 1.54) is 0 Å². The second-order valence-corrected chi connectivity index (χ2v) is 5.72. The molecule has 0 aliphatic heterocycles. The lowest BCUT2D eigenvalue weighted by Crippen LogP contribution is -2.18. The number of nitrogens with zero attached hydrogens (tertiary/aromatic N) is 2. The number of amides is 1. The molecule has 0 fully saturated rings. The van der Waals surface area contributed by atoms with Crippen LogP contribution in [0.15, 0.2) is 53.3 Å². The molecule has 106 valence electrons. The highest BCUT2D eigenvalue weighted by Crippen LogP contribution is 2.25. The monoisotopic (exact) mass is 363 g/mol. The predicted octanol–water partition coefficient (Wildman–Crippen LogP) is 4.09. The van der Waals surface area contributed by atoms with E-state index in [-0.39, 0.29) is 17.6 Å². The highest BCUT2D eigenvalue weighted by molar-refractivity contribution is 9.10. The maximum absolute atomic E-state index is 12.1. The number of nitrogens with one attached hydrogen (secondary N) is 1. The van der Waals surface area contributed by atoms with E-state index in [0.29, 0.717) is 5.69 Å². The second kappa shape index (κ2) is 5.87. The predicted molar refractivity (Wildman–Crippen MR) is 87.5 cm³/mol. The number of halogens is 2. The normalized spacial score (nSPS) is 10.8. The number of aromatic nitrogens is 2. The molecule has 4 nitrogen and oxygen atoms in total. The minimum Gasteiger partial charge on any atom is -0.338 e. The van der Waals surface area contributed by atoms with Crippen LogP contribution in [0.4, 0.5) is 5.69 Å². The molecule has 0 spiro atoms. The minimum atomic E-state index is -0.151. The first kappa shape index (κ1) is 14.1. The van der Waals surface area contributed by atoms with Crippen LogP contribution in [0.1, 0.15) is 0 Å². The van der Waals surface area contributed by atoms with Crippen LogP contribution in [-0.2, 0) is 11.3 Å². The fourth-order valence-electron chi connectivity index (χ4n) is 2.15. The number of benzene rings is 1. The molecule has 0 aliphatic rings. The summed E-state index contributed by atoms with van der Waals surface area (Å²) in [6, 6.07) is 11.3. The zero-order valence-corrected chi connectivity index (χ0v) is 13.2. The first-order valence-corrected chi connectivity index (χ1v) is 7.46. The maximum Gasteiger partial charge on any atom is 0.244 e. The summed E-state index contributed by atoms with van der Waals surface area (Å²) in [5.41, 5.74) is 1.51. The molecule has 0 unspecified atom stereocenters. The van der Waals surface area contributed by atoms with Crippen molar-refractivity contribution in [1.29, 1.82) is 0 Å². The first-order chi connectivity index (χ1) is 10.1. The van der Waals surface area contributed by atoms with Crippen molar-refractivity contribution in [3.63, 3.8) is 0 Å². The zero-order chi connectivity index (χ0) is 14.8. The Morgan fingerprint density at radius 1 is 1.29 bits per heavy atom. The van der Waals surface area contributed by atoms with Crippen LogP contribution in [0.3, 0.4) is 0 Å².